The second-order valence-corrected chi connectivity index (χ2v) is 3.05. The van der Waals surface area contributed by atoms with Gasteiger partial charge >= 0.3 is 12.2 Å². The number of hydrogen-bond donors (Lipinski definition) is 0. The summed E-state index contributed by atoms with van der Waals surface area (Å²) in [6.07, 6.45) is 4.19. The van der Waals surface area contributed by atoms with E-state index in [2.05, 4.69) is 9.53 Å². The molecular weight excluding hydrogens is 220 g/mol. The molecule has 88 valence electrons. The summed E-state index contributed by atoms with van der Waals surface area (Å²) in [5.41, 5.74) is 9.03. The van der Waals surface area contributed by atoms with E-state index in [0.29, 0.717) is 6.21 Å². The van der Waals surface area contributed by atoms with Crippen molar-refractivity contribution in [1.29, 1.82) is 0 Å². The fourth-order valence-corrected chi connectivity index (χ4v) is 1.11. The largest absolute Gasteiger partial charge is 0.497 e. The van der Waals surface area contributed by atoms with E-state index < -0.39 is 5.97 Å². The molecule has 0 atom stereocenters. The van der Waals surface area contributed by atoms with E-state index in [-0.39, 0.29) is 6.61 Å². The molecule has 0 bridgehead atoms. The summed E-state index contributed by atoms with van der Waals surface area (Å²) in [6, 6.07) is 7.44. The minimum atomic E-state index is -0.688. The zero-order valence-electron chi connectivity index (χ0n) is 9.37. The average molecular weight is 232 g/mol. The van der Waals surface area contributed by atoms with E-state index in [4.69, 9.17) is 10.3 Å². The number of carbonyl (C=O) groups excluding carboxylic acids is 1. The summed E-state index contributed by atoms with van der Waals surface area (Å²) in [5, 5.41) is 0. The van der Waals surface area contributed by atoms with Crippen LogP contribution in [0.15, 0.2) is 30.3 Å². The first-order chi connectivity index (χ1) is 8.26. The third-order valence-electron chi connectivity index (χ3n) is 1.91. The van der Waals surface area contributed by atoms with Gasteiger partial charge in [0.2, 0.25) is 0 Å². The van der Waals surface area contributed by atoms with E-state index in [9.17, 15) is 4.79 Å². The van der Waals surface area contributed by atoms with Crippen molar-refractivity contribution in [3.8, 4) is 5.75 Å². The van der Waals surface area contributed by atoms with Gasteiger partial charge < -0.3 is 15.0 Å². The molecule has 0 heterocycles. The molecule has 1 rings (SSSR count). The van der Waals surface area contributed by atoms with E-state index in [1.54, 1.807) is 13.2 Å². The maximum absolute atomic E-state index is 10.8. The predicted molar refractivity (Wildman–Crippen MR) is 62.7 cm³/mol. The Labute approximate surface area is 98.9 Å². The molecule has 0 saturated heterocycles. The van der Waals surface area contributed by atoms with Crippen LogP contribution < -0.4 is 4.74 Å². The van der Waals surface area contributed by atoms with Crippen molar-refractivity contribution in [3.63, 3.8) is 0 Å². The van der Waals surface area contributed by atoms with Crippen LogP contribution in [-0.2, 0) is 9.53 Å². The van der Waals surface area contributed by atoms with Crippen molar-refractivity contribution in [2.24, 2.45) is 0 Å². The monoisotopic (exact) mass is 232 g/mol. The predicted octanol–water partition coefficient (Wildman–Crippen LogP) is 1.55. The highest BCUT2D eigenvalue weighted by Crippen LogP contribution is 2.12. The Morgan fingerprint density at radius 2 is 2.12 bits per heavy atom. The van der Waals surface area contributed by atoms with Crippen molar-refractivity contribution in [1.82, 2.24) is 0 Å². The smallest absolute Gasteiger partial charge is 0.413 e. The number of nitrogens with zero attached hydrogens (tertiary/aromatic N) is 2. The van der Waals surface area contributed by atoms with E-state index in [0.717, 1.165) is 11.3 Å². The van der Waals surface area contributed by atoms with Gasteiger partial charge in [-0.15, -0.1) is 0 Å². The van der Waals surface area contributed by atoms with Crippen LogP contribution in [0.25, 0.3) is 11.6 Å². The van der Waals surface area contributed by atoms with Crippen LogP contribution in [0.3, 0.4) is 0 Å². The summed E-state index contributed by atoms with van der Waals surface area (Å²) < 4.78 is 9.71. The highest BCUT2D eigenvalue weighted by Gasteiger charge is 1.99. The summed E-state index contributed by atoms with van der Waals surface area (Å²) in [5.74, 6) is 0.0969. The van der Waals surface area contributed by atoms with Gasteiger partial charge in [-0.2, -0.15) is 4.79 Å². The molecule has 0 aliphatic carbocycles. The van der Waals surface area contributed by atoms with E-state index in [1.807, 2.05) is 30.3 Å². The third kappa shape index (κ3) is 4.77. The maximum atomic E-state index is 10.8. The molecule has 5 heteroatoms. The number of carbonyl (C=O) groups is 1. The lowest BCUT2D eigenvalue weighted by molar-refractivity contribution is -0.137. The molecule has 1 aromatic carbocycles. The van der Waals surface area contributed by atoms with Gasteiger partial charge in [-0.25, -0.2) is 4.79 Å². The molecule has 0 aromatic heterocycles. The van der Waals surface area contributed by atoms with Gasteiger partial charge in [0.1, 0.15) is 12.4 Å². The van der Waals surface area contributed by atoms with Gasteiger partial charge in [-0.3, -0.25) is 0 Å². The second kappa shape index (κ2) is 6.98. The highest BCUT2D eigenvalue weighted by molar-refractivity contribution is 6.20. The summed E-state index contributed by atoms with van der Waals surface area (Å²) in [4.78, 5) is 13.3. The summed E-state index contributed by atoms with van der Waals surface area (Å²) in [6.45, 7) is 0.122. The Kier molecular flexibility index (Phi) is 5.20. The molecule has 0 radical (unpaired) electrons. The van der Waals surface area contributed by atoms with Gasteiger partial charge in [0, 0.05) is 0 Å². The van der Waals surface area contributed by atoms with Crippen LogP contribution >= 0.6 is 0 Å². The standard InChI is InChI=1S/C12H12N2O3/c1-16-11-6-4-10(5-7-11)3-2-8-17-12(15)9-14-13/h2-7,9H,8H2,1H3. The Hall–Kier alpha value is -2.39. The van der Waals surface area contributed by atoms with Gasteiger partial charge in [0.05, 0.1) is 7.11 Å². The lowest BCUT2D eigenvalue weighted by Crippen LogP contribution is -2.05. The van der Waals surface area contributed by atoms with Crippen LogP contribution in [0.2, 0.25) is 0 Å². The van der Waals surface area contributed by atoms with Gasteiger partial charge in [-0.05, 0) is 23.8 Å². The molecular formula is C12H12N2O3. The molecule has 0 aliphatic heterocycles. The molecule has 0 unspecified atom stereocenters. The minimum absolute atomic E-state index is 0.122. The Morgan fingerprint density at radius 1 is 1.41 bits per heavy atom. The maximum Gasteiger partial charge on any atom is 0.413 e. The van der Waals surface area contributed by atoms with E-state index >= 15 is 0 Å². The molecule has 0 fully saturated rings. The molecule has 0 spiro atoms. The Bertz CT molecular complexity index is 445. The van der Waals surface area contributed by atoms with E-state index in [1.165, 1.54) is 0 Å². The molecule has 0 saturated carbocycles. The Morgan fingerprint density at radius 3 is 2.71 bits per heavy atom. The van der Waals surface area contributed by atoms with Gasteiger partial charge in [0.25, 0.3) is 0 Å². The quantitative estimate of drug-likeness (QED) is 0.334. The van der Waals surface area contributed by atoms with Crippen molar-refractivity contribution in [2.75, 3.05) is 13.7 Å². The molecule has 5 nitrogen and oxygen atoms in total. The number of ether oxygens (including phenoxy) is 2. The van der Waals surface area contributed by atoms with Crippen molar-refractivity contribution in [2.45, 2.75) is 0 Å². The molecule has 1 aromatic rings. The van der Waals surface area contributed by atoms with Gasteiger partial charge in [0.15, 0.2) is 0 Å². The first-order valence-corrected chi connectivity index (χ1v) is 4.91. The van der Waals surface area contributed by atoms with Crippen molar-refractivity contribution < 1.29 is 19.1 Å². The van der Waals surface area contributed by atoms with Crippen LogP contribution in [0.5, 0.6) is 5.75 Å². The number of hydrogen-bond acceptors (Lipinski definition) is 3. The number of esters is 1. The second-order valence-electron chi connectivity index (χ2n) is 3.05. The minimum Gasteiger partial charge on any atom is -0.497 e. The lowest BCUT2D eigenvalue weighted by atomic mass is 10.2. The summed E-state index contributed by atoms with van der Waals surface area (Å²) >= 11 is 0. The average Bonchev–Trinajstić information content (AvgIpc) is 2.36. The van der Waals surface area contributed by atoms with Crippen molar-refractivity contribution in [3.05, 3.63) is 41.4 Å². The highest BCUT2D eigenvalue weighted by atomic mass is 16.5. The molecule has 0 aliphatic rings. The van der Waals surface area contributed by atoms with Crippen LogP contribution in [-0.4, -0.2) is 30.7 Å². The van der Waals surface area contributed by atoms with Crippen LogP contribution in [0, 0.1) is 0 Å². The topological polar surface area (TPSA) is 71.9 Å². The SMILES string of the molecule is COc1ccc(C=CCOC(=O)C=[N+]=[N-])cc1. The molecule has 0 N–H and O–H groups in total. The molecule has 0 amide bonds. The number of rotatable bonds is 5. The van der Waals surface area contributed by atoms with Gasteiger partial charge in [-0.1, -0.05) is 18.2 Å². The number of methoxy groups -OCH3 is 1. The zero-order valence-corrected chi connectivity index (χ0v) is 9.37. The number of benzene rings is 1. The third-order valence-corrected chi connectivity index (χ3v) is 1.91. The normalized spacial score (nSPS) is 9.71. The lowest BCUT2D eigenvalue weighted by Gasteiger charge is -1.99. The first-order valence-electron chi connectivity index (χ1n) is 4.91. The zero-order chi connectivity index (χ0) is 12.5. The van der Waals surface area contributed by atoms with Crippen molar-refractivity contribution >= 4 is 18.3 Å². The summed E-state index contributed by atoms with van der Waals surface area (Å²) in [7, 11) is 1.60. The Balaban J connectivity index is 2.42. The molecule has 17 heavy (non-hydrogen) atoms. The fourth-order valence-electron chi connectivity index (χ4n) is 1.11. The van der Waals surface area contributed by atoms with Crippen LogP contribution in [0.4, 0.5) is 0 Å². The first kappa shape index (κ1) is 12.7. The fraction of sp³-hybridized carbons (Fsp3) is 0.167. The van der Waals surface area contributed by atoms with Crippen LogP contribution in [0.1, 0.15) is 5.56 Å².